The van der Waals surface area contributed by atoms with Gasteiger partial charge in [0.05, 0.1) is 6.04 Å². The van der Waals surface area contributed by atoms with Crippen LogP contribution in [0.1, 0.15) is 33.1 Å². The first kappa shape index (κ1) is 27.2. The molecule has 0 aromatic carbocycles. The fourth-order valence-electron chi connectivity index (χ4n) is 1.65. The Morgan fingerprint density at radius 3 is 1.48 bits per heavy atom. The van der Waals surface area contributed by atoms with Crippen LogP contribution in [0.5, 0.6) is 0 Å². The Kier molecular flexibility index (Phi) is 11.7. The molecule has 0 aromatic rings. The molecule has 0 aliphatic carbocycles. The number of nitrogens with zero attached hydrogens (tertiary/aromatic N) is 1. The average Bonchev–Trinajstić information content (AvgIpc) is 3.06. The Hall–Kier alpha value is -2.05. The largest absolute Gasteiger partial charge is 0.490 e. The van der Waals surface area contributed by atoms with E-state index in [2.05, 4.69) is 6.92 Å². The molecule has 27 heavy (non-hydrogen) atoms. The molecule has 0 unspecified atom stereocenters. The molecule has 1 rings (SSSR count). The molecule has 7 nitrogen and oxygen atoms in total. The fraction of sp³-hybridized carbons (Fsp3) is 0.786. The number of alkyl halides is 6. The highest BCUT2D eigenvalue weighted by Gasteiger charge is 2.38. The van der Waals surface area contributed by atoms with Crippen LogP contribution < -0.4 is 5.73 Å². The maximum atomic E-state index is 11.7. The zero-order valence-corrected chi connectivity index (χ0v) is 14.6. The Morgan fingerprint density at radius 2 is 1.26 bits per heavy atom. The Morgan fingerprint density at radius 1 is 0.963 bits per heavy atom. The normalized spacial score (nSPS) is 16.3. The number of carboxylic acid groups (broad SMARTS) is 2. The van der Waals surface area contributed by atoms with E-state index in [9.17, 15) is 31.1 Å². The maximum absolute atomic E-state index is 11.7. The first-order chi connectivity index (χ1) is 12.1. The van der Waals surface area contributed by atoms with Crippen molar-refractivity contribution in [3.8, 4) is 0 Å². The zero-order valence-electron chi connectivity index (χ0n) is 14.6. The van der Waals surface area contributed by atoms with E-state index >= 15 is 0 Å². The number of hydrogen-bond acceptors (Lipinski definition) is 4. The van der Waals surface area contributed by atoms with Gasteiger partial charge in [-0.2, -0.15) is 26.3 Å². The van der Waals surface area contributed by atoms with E-state index in [1.165, 1.54) is 0 Å². The van der Waals surface area contributed by atoms with Crippen molar-refractivity contribution in [3.05, 3.63) is 0 Å². The van der Waals surface area contributed by atoms with Gasteiger partial charge < -0.3 is 20.8 Å². The SMILES string of the molecule is CC[C@H](C)[C@H](N)C(=O)N1CCCC1.O=C(O)C(F)(F)F.O=C(O)C(F)(F)F. The molecule has 1 heterocycles. The van der Waals surface area contributed by atoms with E-state index in [4.69, 9.17) is 25.5 Å². The molecule has 0 saturated carbocycles. The van der Waals surface area contributed by atoms with Gasteiger partial charge in [-0.3, -0.25) is 4.79 Å². The number of carboxylic acids is 2. The highest BCUT2D eigenvalue weighted by molar-refractivity contribution is 5.82. The smallest absolute Gasteiger partial charge is 0.475 e. The molecule has 0 radical (unpaired) electrons. The molecule has 13 heteroatoms. The summed E-state index contributed by atoms with van der Waals surface area (Å²) < 4.78 is 63.5. The summed E-state index contributed by atoms with van der Waals surface area (Å²) in [6, 6.07) is -0.289. The molecular formula is C14H22F6N2O5. The molecule has 0 spiro atoms. The lowest BCUT2D eigenvalue weighted by Crippen LogP contribution is -2.45. The molecule has 0 aromatic heterocycles. The molecule has 2 atom stereocenters. The van der Waals surface area contributed by atoms with E-state index in [1.807, 2.05) is 11.8 Å². The first-order valence-electron chi connectivity index (χ1n) is 7.70. The second-order valence-corrected chi connectivity index (χ2v) is 5.55. The lowest BCUT2D eigenvalue weighted by Gasteiger charge is -2.23. The molecule has 1 fully saturated rings. The van der Waals surface area contributed by atoms with Gasteiger partial charge in [-0.15, -0.1) is 0 Å². The molecule has 1 aliphatic heterocycles. The fourth-order valence-corrected chi connectivity index (χ4v) is 1.65. The van der Waals surface area contributed by atoms with Gasteiger partial charge >= 0.3 is 24.3 Å². The van der Waals surface area contributed by atoms with Crippen LogP contribution in [0.15, 0.2) is 0 Å². The van der Waals surface area contributed by atoms with Crippen molar-refractivity contribution < 1.29 is 50.9 Å². The monoisotopic (exact) mass is 412 g/mol. The van der Waals surface area contributed by atoms with Crippen molar-refractivity contribution in [3.63, 3.8) is 0 Å². The van der Waals surface area contributed by atoms with Gasteiger partial charge in [0.25, 0.3) is 0 Å². The summed E-state index contributed by atoms with van der Waals surface area (Å²) >= 11 is 0. The van der Waals surface area contributed by atoms with E-state index in [-0.39, 0.29) is 11.9 Å². The summed E-state index contributed by atoms with van der Waals surface area (Å²) in [6.45, 7) is 5.92. The second-order valence-electron chi connectivity index (χ2n) is 5.55. The molecule has 1 saturated heterocycles. The van der Waals surface area contributed by atoms with Gasteiger partial charge in [0.15, 0.2) is 0 Å². The highest BCUT2D eigenvalue weighted by Crippen LogP contribution is 2.14. The van der Waals surface area contributed by atoms with Crippen molar-refractivity contribution in [1.29, 1.82) is 0 Å². The third-order valence-electron chi connectivity index (χ3n) is 3.44. The molecule has 160 valence electrons. The molecular weight excluding hydrogens is 390 g/mol. The van der Waals surface area contributed by atoms with Crippen molar-refractivity contribution >= 4 is 17.8 Å². The molecule has 1 amide bonds. The van der Waals surface area contributed by atoms with E-state index in [0.717, 1.165) is 32.4 Å². The lowest BCUT2D eigenvalue weighted by atomic mass is 9.99. The molecule has 1 aliphatic rings. The third kappa shape index (κ3) is 12.0. The minimum Gasteiger partial charge on any atom is -0.475 e. The highest BCUT2D eigenvalue weighted by atomic mass is 19.4. The average molecular weight is 412 g/mol. The second kappa shape index (κ2) is 11.6. The topological polar surface area (TPSA) is 121 Å². The number of carbonyl (C=O) groups is 3. The van der Waals surface area contributed by atoms with Gasteiger partial charge in [-0.05, 0) is 18.8 Å². The Bertz CT molecular complexity index is 465. The third-order valence-corrected chi connectivity index (χ3v) is 3.44. The van der Waals surface area contributed by atoms with Crippen LogP contribution in [-0.2, 0) is 14.4 Å². The Balaban J connectivity index is 0. The van der Waals surface area contributed by atoms with Crippen LogP contribution in [0.2, 0.25) is 0 Å². The van der Waals surface area contributed by atoms with Crippen LogP contribution in [-0.4, -0.2) is 64.4 Å². The Labute approximate surface area is 151 Å². The summed E-state index contributed by atoms with van der Waals surface area (Å²) in [4.78, 5) is 31.4. The minimum absolute atomic E-state index is 0.145. The standard InChI is InChI=1S/C10H20N2O.2C2HF3O2/c1-3-8(2)9(11)10(13)12-6-4-5-7-12;2*3-2(4,5)1(6)7/h8-9H,3-7,11H2,1-2H3;2*(H,6,7)/t8-,9-;;/m0../s1. The van der Waals surface area contributed by atoms with Crippen molar-refractivity contribution in [2.75, 3.05) is 13.1 Å². The lowest BCUT2D eigenvalue weighted by molar-refractivity contribution is -0.193. The van der Waals surface area contributed by atoms with Crippen LogP contribution in [0.3, 0.4) is 0 Å². The van der Waals surface area contributed by atoms with E-state index in [1.54, 1.807) is 0 Å². The van der Waals surface area contributed by atoms with Crippen LogP contribution in [0, 0.1) is 5.92 Å². The van der Waals surface area contributed by atoms with Crippen molar-refractivity contribution in [2.45, 2.75) is 51.5 Å². The predicted molar refractivity (Wildman–Crippen MR) is 80.6 cm³/mol. The molecule has 0 bridgehead atoms. The number of aliphatic carboxylic acids is 2. The summed E-state index contributed by atoms with van der Waals surface area (Å²) in [5.41, 5.74) is 5.86. The van der Waals surface area contributed by atoms with E-state index in [0.29, 0.717) is 5.92 Å². The summed E-state index contributed by atoms with van der Waals surface area (Å²) in [7, 11) is 0. The van der Waals surface area contributed by atoms with Gasteiger partial charge in [0, 0.05) is 13.1 Å². The van der Waals surface area contributed by atoms with Crippen molar-refractivity contribution in [2.24, 2.45) is 11.7 Å². The number of likely N-dealkylation sites (tertiary alicyclic amines) is 1. The number of hydrogen-bond donors (Lipinski definition) is 3. The summed E-state index contributed by atoms with van der Waals surface area (Å²) in [5, 5.41) is 14.2. The summed E-state index contributed by atoms with van der Waals surface area (Å²) in [6.07, 6.45) is -6.92. The number of carbonyl (C=O) groups excluding carboxylic acids is 1. The number of rotatable bonds is 3. The van der Waals surface area contributed by atoms with Gasteiger partial charge in [-0.1, -0.05) is 20.3 Å². The van der Waals surface area contributed by atoms with Crippen molar-refractivity contribution in [1.82, 2.24) is 4.90 Å². The molecule has 4 N–H and O–H groups in total. The number of halogens is 6. The predicted octanol–water partition coefficient (Wildman–Crippen LogP) is 2.25. The minimum atomic E-state index is -5.08. The zero-order chi connectivity index (χ0) is 22.0. The van der Waals surface area contributed by atoms with Gasteiger partial charge in [-0.25, -0.2) is 9.59 Å². The van der Waals surface area contributed by atoms with Crippen LogP contribution in [0.4, 0.5) is 26.3 Å². The quantitative estimate of drug-likeness (QED) is 0.612. The number of nitrogens with two attached hydrogens (primary N) is 1. The van der Waals surface area contributed by atoms with E-state index < -0.39 is 24.3 Å². The van der Waals surface area contributed by atoms with Gasteiger partial charge in [0.1, 0.15) is 0 Å². The van der Waals surface area contributed by atoms with Gasteiger partial charge in [0.2, 0.25) is 5.91 Å². The number of amides is 1. The summed E-state index contributed by atoms with van der Waals surface area (Å²) in [5.74, 6) is -5.07. The van der Waals surface area contributed by atoms with Crippen LogP contribution in [0.25, 0.3) is 0 Å². The van der Waals surface area contributed by atoms with Crippen LogP contribution >= 0.6 is 0 Å². The maximum Gasteiger partial charge on any atom is 0.490 e. The first-order valence-corrected chi connectivity index (χ1v) is 7.70.